The van der Waals surface area contributed by atoms with E-state index in [1.807, 2.05) is 0 Å². The first kappa shape index (κ1) is 14.1. The summed E-state index contributed by atoms with van der Waals surface area (Å²) in [6, 6.07) is 3.51. The third-order valence-corrected chi connectivity index (χ3v) is 2.83. The zero-order chi connectivity index (χ0) is 14.5. The molecule has 1 amide bonds. The van der Waals surface area contributed by atoms with Crippen LogP contribution in [0.4, 0.5) is 0 Å². The maximum Gasteiger partial charge on any atom is 0.326 e. The molecule has 1 heterocycles. The van der Waals surface area contributed by atoms with Crippen molar-refractivity contribution in [1.29, 1.82) is 0 Å². The Morgan fingerprint density at radius 1 is 1.25 bits per heavy atom. The molecule has 3 N–H and O–H groups in total. The molecule has 1 aliphatic rings. The lowest BCUT2D eigenvalue weighted by atomic mass is 10.1. The number of carbonyl (C=O) groups is 2. The second kappa shape index (κ2) is 6.25. The van der Waals surface area contributed by atoms with E-state index in [2.05, 4.69) is 5.32 Å². The molecule has 1 aromatic carbocycles. The SMILES string of the molecule is O=C(N[C@H](CCO)C(=O)O)c1ccc2c(c1)OCCO2. The maximum absolute atomic E-state index is 12.0. The molecule has 0 aromatic heterocycles. The molecule has 20 heavy (non-hydrogen) atoms. The smallest absolute Gasteiger partial charge is 0.326 e. The van der Waals surface area contributed by atoms with Crippen LogP contribution >= 0.6 is 0 Å². The zero-order valence-electron chi connectivity index (χ0n) is 10.7. The van der Waals surface area contributed by atoms with Gasteiger partial charge in [0.2, 0.25) is 0 Å². The predicted molar refractivity (Wildman–Crippen MR) is 68.0 cm³/mol. The average molecular weight is 281 g/mol. The molecular formula is C13H15NO6. The van der Waals surface area contributed by atoms with Crippen LogP contribution in [0.3, 0.4) is 0 Å². The number of ether oxygens (including phenoxy) is 2. The fraction of sp³-hybridized carbons (Fsp3) is 0.385. The predicted octanol–water partition coefficient (Wildman–Crippen LogP) is 0.0232. The van der Waals surface area contributed by atoms with E-state index in [-0.39, 0.29) is 18.6 Å². The molecule has 0 fully saturated rings. The quantitative estimate of drug-likeness (QED) is 0.703. The Bertz CT molecular complexity index is 516. The van der Waals surface area contributed by atoms with Crippen LogP contribution in [0.25, 0.3) is 0 Å². The van der Waals surface area contributed by atoms with E-state index in [0.29, 0.717) is 24.7 Å². The van der Waals surface area contributed by atoms with Crippen LogP contribution in [0.5, 0.6) is 11.5 Å². The van der Waals surface area contributed by atoms with E-state index in [0.717, 1.165) is 0 Å². The highest BCUT2D eigenvalue weighted by atomic mass is 16.6. The topological polar surface area (TPSA) is 105 Å². The summed E-state index contributed by atoms with van der Waals surface area (Å²) in [4.78, 5) is 22.9. The Morgan fingerprint density at radius 3 is 2.60 bits per heavy atom. The minimum atomic E-state index is -1.19. The van der Waals surface area contributed by atoms with Gasteiger partial charge in [0.15, 0.2) is 11.5 Å². The molecule has 0 unspecified atom stereocenters. The number of aliphatic hydroxyl groups is 1. The number of fused-ring (bicyclic) bond motifs is 1. The van der Waals surface area contributed by atoms with Gasteiger partial charge in [0.05, 0.1) is 0 Å². The summed E-state index contributed by atoms with van der Waals surface area (Å²) in [6.45, 7) is 0.537. The van der Waals surface area contributed by atoms with Crippen LogP contribution in [0.15, 0.2) is 18.2 Å². The highest BCUT2D eigenvalue weighted by Crippen LogP contribution is 2.30. The number of aliphatic hydroxyl groups excluding tert-OH is 1. The number of carbonyl (C=O) groups excluding carboxylic acids is 1. The van der Waals surface area contributed by atoms with Gasteiger partial charge in [-0.25, -0.2) is 4.79 Å². The fourth-order valence-electron chi connectivity index (χ4n) is 1.81. The van der Waals surface area contributed by atoms with Crippen molar-refractivity contribution in [2.24, 2.45) is 0 Å². The van der Waals surface area contributed by atoms with Crippen LogP contribution in [-0.2, 0) is 4.79 Å². The van der Waals surface area contributed by atoms with E-state index < -0.39 is 17.9 Å². The van der Waals surface area contributed by atoms with Gasteiger partial charge in [0, 0.05) is 18.6 Å². The van der Waals surface area contributed by atoms with Crippen molar-refractivity contribution >= 4 is 11.9 Å². The number of hydrogen-bond donors (Lipinski definition) is 3. The van der Waals surface area contributed by atoms with Crippen molar-refractivity contribution in [2.75, 3.05) is 19.8 Å². The molecule has 2 rings (SSSR count). The molecule has 0 aliphatic carbocycles. The molecule has 1 aliphatic heterocycles. The van der Waals surface area contributed by atoms with Crippen molar-refractivity contribution in [3.63, 3.8) is 0 Å². The standard InChI is InChI=1S/C13H15NO6/c15-4-3-9(13(17)18)14-12(16)8-1-2-10-11(7-8)20-6-5-19-10/h1-2,7,9,15H,3-6H2,(H,14,16)(H,17,18)/t9-/m1/s1. The monoisotopic (exact) mass is 281 g/mol. The summed E-state index contributed by atoms with van der Waals surface area (Å²) in [5.41, 5.74) is 0.276. The van der Waals surface area contributed by atoms with Gasteiger partial charge in [0.1, 0.15) is 19.3 Å². The summed E-state index contributed by atoms with van der Waals surface area (Å²) in [6.07, 6.45) is -0.0500. The number of amides is 1. The lowest BCUT2D eigenvalue weighted by Crippen LogP contribution is -2.41. The Labute approximate surface area is 115 Å². The summed E-state index contributed by atoms with van der Waals surface area (Å²) in [7, 11) is 0. The van der Waals surface area contributed by atoms with E-state index in [1.54, 1.807) is 6.07 Å². The molecule has 0 bridgehead atoms. The van der Waals surface area contributed by atoms with Crippen LogP contribution in [0.2, 0.25) is 0 Å². The van der Waals surface area contributed by atoms with Gasteiger partial charge in [0.25, 0.3) is 5.91 Å². The number of carboxylic acid groups (broad SMARTS) is 1. The van der Waals surface area contributed by atoms with Crippen LogP contribution < -0.4 is 14.8 Å². The Balaban J connectivity index is 2.10. The zero-order valence-corrected chi connectivity index (χ0v) is 10.7. The van der Waals surface area contributed by atoms with E-state index in [1.165, 1.54) is 12.1 Å². The number of hydrogen-bond acceptors (Lipinski definition) is 5. The minimum Gasteiger partial charge on any atom is -0.486 e. The number of benzene rings is 1. The number of nitrogens with one attached hydrogen (secondary N) is 1. The maximum atomic E-state index is 12.0. The molecule has 7 nitrogen and oxygen atoms in total. The molecule has 0 saturated carbocycles. The van der Waals surface area contributed by atoms with Crippen LogP contribution in [0.1, 0.15) is 16.8 Å². The Hall–Kier alpha value is -2.28. The van der Waals surface area contributed by atoms with Gasteiger partial charge in [-0.2, -0.15) is 0 Å². The first-order valence-electron chi connectivity index (χ1n) is 6.16. The van der Waals surface area contributed by atoms with Gasteiger partial charge in [-0.1, -0.05) is 0 Å². The van der Waals surface area contributed by atoms with Gasteiger partial charge >= 0.3 is 5.97 Å². The molecule has 1 aromatic rings. The first-order chi connectivity index (χ1) is 9.61. The summed E-state index contributed by atoms with van der Waals surface area (Å²) >= 11 is 0. The molecule has 7 heteroatoms. The minimum absolute atomic E-state index is 0.0500. The Kier molecular flexibility index (Phi) is 4.41. The molecule has 0 saturated heterocycles. The molecule has 0 spiro atoms. The fourth-order valence-corrected chi connectivity index (χ4v) is 1.81. The van der Waals surface area contributed by atoms with E-state index in [4.69, 9.17) is 19.7 Å². The lowest BCUT2D eigenvalue weighted by Gasteiger charge is -2.19. The average Bonchev–Trinajstić information content (AvgIpc) is 2.46. The third kappa shape index (κ3) is 3.18. The van der Waals surface area contributed by atoms with Gasteiger partial charge in [-0.15, -0.1) is 0 Å². The molecule has 1 atom stereocenters. The second-order valence-corrected chi connectivity index (χ2v) is 4.24. The largest absolute Gasteiger partial charge is 0.486 e. The third-order valence-electron chi connectivity index (χ3n) is 2.83. The van der Waals surface area contributed by atoms with Gasteiger partial charge in [-0.3, -0.25) is 4.79 Å². The number of carboxylic acids is 1. The highest BCUT2D eigenvalue weighted by Gasteiger charge is 2.21. The van der Waals surface area contributed by atoms with Crippen molar-refractivity contribution in [2.45, 2.75) is 12.5 Å². The lowest BCUT2D eigenvalue weighted by molar-refractivity contribution is -0.139. The summed E-state index contributed by atoms with van der Waals surface area (Å²) in [5, 5.41) is 20.0. The van der Waals surface area contributed by atoms with Gasteiger partial charge in [-0.05, 0) is 18.2 Å². The number of rotatable bonds is 5. The second-order valence-electron chi connectivity index (χ2n) is 4.24. The normalized spacial score (nSPS) is 14.4. The molecular weight excluding hydrogens is 266 g/mol. The molecule has 108 valence electrons. The van der Waals surface area contributed by atoms with Crippen molar-refractivity contribution in [3.8, 4) is 11.5 Å². The number of aliphatic carboxylic acids is 1. The molecule has 0 radical (unpaired) electrons. The van der Waals surface area contributed by atoms with E-state index >= 15 is 0 Å². The van der Waals surface area contributed by atoms with Gasteiger partial charge < -0.3 is 25.0 Å². The van der Waals surface area contributed by atoms with Crippen LogP contribution in [-0.4, -0.2) is 48.0 Å². The Morgan fingerprint density at radius 2 is 1.95 bits per heavy atom. The summed E-state index contributed by atoms with van der Waals surface area (Å²) < 4.78 is 10.7. The highest BCUT2D eigenvalue weighted by molar-refractivity contribution is 5.97. The van der Waals surface area contributed by atoms with Crippen molar-refractivity contribution in [3.05, 3.63) is 23.8 Å². The summed E-state index contributed by atoms with van der Waals surface area (Å²) in [5.74, 6) is -0.719. The van der Waals surface area contributed by atoms with E-state index in [9.17, 15) is 9.59 Å². The first-order valence-corrected chi connectivity index (χ1v) is 6.16. The van der Waals surface area contributed by atoms with Crippen molar-refractivity contribution in [1.82, 2.24) is 5.32 Å². The van der Waals surface area contributed by atoms with Crippen molar-refractivity contribution < 1.29 is 29.3 Å². The van der Waals surface area contributed by atoms with Crippen LogP contribution in [0, 0.1) is 0 Å².